The second kappa shape index (κ2) is 11.8. The second-order valence-electron chi connectivity index (χ2n) is 9.41. The number of hydrogen-bond donors (Lipinski definition) is 1. The van der Waals surface area contributed by atoms with E-state index in [1.54, 1.807) is 0 Å². The molecule has 7 nitrogen and oxygen atoms in total. The number of rotatable bonds is 8. The molecule has 3 aromatic rings. The number of carbonyl (C=O) groups excluding carboxylic acids is 2. The number of ether oxygens (including phenoxy) is 1. The van der Waals surface area contributed by atoms with Crippen molar-refractivity contribution >= 4 is 34.6 Å². The Balaban J connectivity index is 2.00. The molecule has 0 radical (unpaired) electrons. The summed E-state index contributed by atoms with van der Waals surface area (Å²) in [5.74, 6) is -0.531. The first-order chi connectivity index (χ1) is 17.5. The molecule has 0 unspecified atom stereocenters. The standard InChI is InChI=1S/C30H36N4O3/c1-9-24-15-26(25(31-22(6)35)16-27(24)34(7)8)32-33-29-20(4)18(2)28(19(3)21(29)5)30(36)37-17-23-13-11-10-12-14-23/h10-16H,9,17H2,1-8H3,(H,31,35)/b33-32+. The predicted molar refractivity (Wildman–Crippen MR) is 150 cm³/mol. The Hall–Kier alpha value is -4.00. The predicted octanol–water partition coefficient (Wildman–Crippen LogP) is 7.28. The summed E-state index contributed by atoms with van der Waals surface area (Å²) in [4.78, 5) is 26.9. The maximum atomic E-state index is 13.0. The van der Waals surface area contributed by atoms with Crippen LogP contribution in [-0.2, 0) is 22.6 Å². The monoisotopic (exact) mass is 500 g/mol. The van der Waals surface area contributed by atoms with Crippen molar-refractivity contribution in [3.05, 3.63) is 81.4 Å². The SMILES string of the molecule is CCc1cc(/N=N/c2c(C)c(C)c(C(=O)OCc3ccccc3)c(C)c2C)c(NC(C)=O)cc1N(C)C. The molecule has 0 bridgehead atoms. The summed E-state index contributed by atoms with van der Waals surface area (Å²) >= 11 is 0. The third-order valence-corrected chi connectivity index (χ3v) is 6.63. The fraction of sp³-hybridized carbons (Fsp3) is 0.333. The topological polar surface area (TPSA) is 83.4 Å². The van der Waals surface area contributed by atoms with Gasteiger partial charge in [-0.25, -0.2) is 4.79 Å². The van der Waals surface area contributed by atoms with Gasteiger partial charge in [-0.3, -0.25) is 4.79 Å². The molecule has 3 rings (SSSR count). The van der Waals surface area contributed by atoms with E-state index < -0.39 is 0 Å². The number of azo groups is 1. The summed E-state index contributed by atoms with van der Waals surface area (Å²) in [7, 11) is 3.94. The van der Waals surface area contributed by atoms with E-state index in [1.165, 1.54) is 6.92 Å². The highest BCUT2D eigenvalue weighted by Gasteiger charge is 2.21. The summed E-state index contributed by atoms with van der Waals surface area (Å²) < 4.78 is 5.63. The van der Waals surface area contributed by atoms with E-state index >= 15 is 0 Å². The van der Waals surface area contributed by atoms with E-state index in [0.29, 0.717) is 22.6 Å². The molecule has 7 heteroatoms. The van der Waals surface area contributed by atoms with Gasteiger partial charge >= 0.3 is 5.97 Å². The zero-order valence-corrected chi connectivity index (χ0v) is 23.0. The highest BCUT2D eigenvalue weighted by Crippen LogP contribution is 2.38. The van der Waals surface area contributed by atoms with Crippen LogP contribution < -0.4 is 10.2 Å². The summed E-state index contributed by atoms with van der Waals surface area (Å²) in [6.07, 6.45) is 0.812. The van der Waals surface area contributed by atoms with Gasteiger partial charge in [0.05, 0.1) is 16.9 Å². The number of amides is 1. The van der Waals surface area contributed by atoms with Crippen LogP contribution in [0.1, 0.15) is 57.6 Å². The first-order valence-corrected chi connectivity index (χ1v) is 12.4. The number of nitrogens with zero attached hydrogens (tertiary/aromatic N) is 3. The van der Waals surface area contributed by atoms with Gasteiger partial charge in [0.2, 0.25) is 5.91 Å². The van der Waals surface area contributed by atoms with Crippen LogP contribution in [0.15, 0.2) is 52.7 Å². The molecular weight excluding hydrogens is 464 g/mol. The maximum absolute atomic E-state index is 13.0. The highest BCUT2D eigenvalue weighted by atomic mass is 16.5. The van der Waals surface area contributed by atoms with Gasteiger partial charge in [0.15, 0.2) is 0 Å². The lowest BCUT2D eigenvalue weighted by Crippen LogP contribution is -2.13. The Morgan fingerprint density at radius 1 is 0.919 bits per heavy atom. The maximum Gasteiger partial charge on any atom is 0.339 e. The van der Waals surface area contributed by atoms with Crippen molar-refractivity contribution in [1.82, 2.24) is 0 Å². The number of esters is 1. The highest BCUT2D eigenvalue weighted by molar-refractivity contribution is 5.95. The molecule has 0 spiro atoms. The summed E-state index contributed by atoms with van der Waals surface area (Å²) in [5, 5.41) is 12.1. The minimum Gasteiger partial charge on any atom is -0.457 e. The van der Waals surface area contributed by atoms with Crippen LogP contribution in [-0.4, -0.2) is 26.0 Å². The van der Waals surface area contributed by atoms with Gasteiger partial charge in [0.1, 0.15) is 12.3 Å². The zero-order valence-electron chi connectivity index (χ0n) is 23.0. The molecule has 37 heavy (non-hydrogen) atoms. The number of aryl methyl sites for hydroxylation is 1. The van der Waals surface area contributed by atoms with Crippen LogP contribution in [0.25, 0.3) is 0 Å². The molecule has 1 N–H and O–H groups in total. The Labute approximate surface area is 219 Å². The first kappa shape index (κ1) is 27.6. The van der Waals surface area contributed by atoms with Gasteiger partial charge in [0, 0.05) is 26.7 Å². The lowest BCUT2D eigenvalue weighted by atomic mass is 9.92. The average Bonchev–Trinajstić information content (AvgIpc) is 2.87. The second-order valence-corrected chi connectivity index (χ2v) is 9.41. The molecule has 0 aliphatic rings. The minimum absolute atomic E-state index is 0.178. The molecule has 0 saturated heterocycles. The Bertz CT molecular complexity index is 1320. The molecule has 3 aromatic carbocycles. The van der Waals surface area contributed by atoms with Gasteiger partial charge in [-0.05, 0) is 79.6 Å². The fourth-order valence-electron chi connectivity index (χ4n) is 4.34. The van der Waals surface area contributed by atoms with Crippen molar-refractivity contribution in [2.75, 3.05) is 24.3 Å². The van der Waals surface area contributed by atoms with Crippen molar-refractivity contribution in [1.29, 1.82) is 0 Å². The minimum atomic E-state index is -0.353. The molecule has 0 aliphatic carbocycles. The number of nitrogens with one attached hydrogen (secondary N) is 1. The van der Waals surface area contributed by atoms with E-state index in [0.717, 1.165) is 45.5 Å². The number of hydrogen-bond acceptors (Lipinski definition) is 6. The molecule has 0 atom stereocenters. The van der Waals surface area contributed by atoms with E-state index in [1.807, 2.05) is 89.2 Å². The third kappa shape index (κ3) is 6.23. The van der Waals surface area contributed by atoms with Crippen LogP contribution in [0, 0.1) is 27.7 Å². The lowest BCUT2D eigenvalue weighted by Gasteiger charge is -2.20. The number of anilines is 2. The van der Waals surface area contributed by atoms with E-state index in [2.05, 4.69) is 22.5 Å². The molecule has 0 saturated carbocycles. The van der Waals surface area contributed by atoms with E-state index in [-0.39, 0.29) is 18.5 Å². The number of carbonyl (C=O) groups is 2. The quantitative estimate of drug-likeness (QED) is 0.260. The van der Waals surface area contributed by atoms with Crippen LogP contribution in [0.3, 0.4) is 0 Å². The van der Waals surface area contributed by atoms with E-state index in [4.69, 9.17) is 4.74 Å². The normalized spacial score (nSPS) is 11.0. The lowest BCUT2D eigenvalue weighted by molar-refractivity contribution is -0.114. The molecule has 0 aliphatic heterocycles. The molecular formula is C30H36N4O3. The van der Waals surface area contributed by atoms with Crippen LogP contribution in [0.4, 0.5) is 22.7 Å². The first-order valence-electron chi connectivity index (χ1n) is 12.4. The molecule has 194 valence electrons. The van der Waals surface area contributed by atoms with Crippen LogP contribution in [0.5, 0.6) is 0 Å². The van der Waals surface area contributed by atoms with Crippen molar-refractivity contribution in [3.63, 3.8) is 0 Å². The van der Waals surface area contributed by atoms with E-state index in [9.17, 15) is 9.59 Å². The van der Waals surface area contributed by atoms with Crippen LogP contribution >= 0.6 is 0 Å². The number of benzene rings is 3. The molecule has 0 aromatic heterocycles. The molecule has 1 amide bonds. The van der Waals surface area contributed by atoms with Crippen molar-refractivity contribution < 1.29 is 14.3 Å². The summed E-state index contributed by atoms with van der Waals surface area (Å²) in [6, 6.07) is 13.5. The summed E-state index contributed by atoms with van der Waals surface area (Å²) in [6.45, 7) is 11.5. The summed E-state index contributed by atoms with van der Waals surface area (Å²) in [5.41, 5.74) is 8.86. The average molecular weight is 501 g/mol. The van der Waals surface area contributed by atoms with Crippen molar-refractivity contribution in [3.8, 4) is 0 Å². The third-order valence-electron chi connectivity index (χ3n) is 6.63. The van der Waals surface area contributed by atoms with Crippen LogP contribution in [0.2, 0.25) is 0 Å². The van der Waals surface area contributed by atoms with Gasteiger partial charge in [-0.1, -0.05) is 37.3 Å². The zero-order chi connectivity index (χ0) is 27.3. The fourth-order valence-corrected chi connectivity index (χ4v) is 4.34. The van der Waals surface area contributed by atoms with Gasteiger partial charge in [-0.2, -0.15) is 0 Å². The van der Waals surface area contributed by atoms with Crippen molar-refractivity contribution in [2.24, 2.45) is 10.2 Å². The van der Waals surface area contributed by atoms with Crippen molar-refractivity contribution in [2.45, 2.75) is 54.6 Å². The van der Waals surface area contributed by atoms with Gasteiger partial charge < -0.3 is 15.0 Å². The Kier molecular flexibility index (Phi) is 8.81. The molecule has 0 heterocycles. The van der Waals surface area contributed by atoms with Gasteiger partial charge in [-0.15, -0.1) is 10.2 Å². The Morgan fingerprint density at radius 3 is 2.08 bits per heavy atom. The van der Waals surface area contributed by atoms with Gasteiger partial charge in [0.25, 0.3) is 0 Å². The Morgan fingerprint density at radius 2 is 1.54 bits per heavy atom. The largest absolute Gasteiger partial charge is 0.457 e. The smallest absolute Gasteiger partial charge is 0.339 e. The molecule has 0 fully saturated rings.